The molecular weight excluding hydrogens is 334 g/mol. The number of aryl methyl sites for hydroxylation is 1. The third kappa shape index (κ3) is 3.37. The summed E-state index contributed by atoms with van der Waals surface area (Å²) in [6.45, 7) is 2.73. The Morgan fingerprint density at radius 3 is 2.93 bits per heavy atom. The van der Waals surface area contributed by atoms with Crippen molar-refractivity contribution in [3.63, 3.8) is 0 Å². The molecule has 0 radical (unpaired) electrons. The predicted molar refractivity (Wildman–Crippen MR) is 107 cm³/mol. The smallest absolute Gasteiger partial charge is 0.121 e. The molecule has 3 N–H and O–H groups in total. The number of H-pyrrole nitrogens is 1. The van der Waals surface area contributed by atoms with Crippen LogP contribution in [-0.2, 0) is 13.0 Å². The Bertz CT molecular complexity index is 900. The molecule has 2 aromatic heterocycles. The largest absolute Gasteiger partial charge is 0.341 e. The first-order valence-corrected chi connectivity index (χ1v) is 10.1. The van der Waals surface area contributed by atoms with Gasteiger partial charge < -0.3 is 10.7 Å². The van der Waals surface area contributed by atoms with E-state index in [9.17, 15) is 0 Å². The van der Waals surface area contributed by atoms with Crippen LogP contribution in [-0.4, -0.2) is 32.9 Å². The van der Waals surface area contributed by atoms with E-state index in [1.807, 2.05) is 12.3 Å². The zero-order valence-electron chi connectivity index (χ0n) is 15.6. The topological polar surface area (TPSA) is 70.8 Å². The van der Waals surface area contributed by atoms with E-state index in [-0.39, 0.29) is 0 Å². The highest BCUT2D eigenvalue weighted by Crippen LogP contribution is 2.41. The number of nitrogens with one attached hydrogen (secondary N) is 1. The van der Waals surface area contributed by atoms with Crippen molar-refractivity contribution >= 4 is 11.0 Å². The number of nitrogens with two attached hydrogens (primary N) is 1. The number of fused-ring (bicyclic) bond motifs is 2. The summed E-state index contributed by atoms with van der Waals surface area (Å²) in [5, 5.41) is 0. The van der Waals surface area contributed by atoms with E-state index in [1.165, 1.54) is 30.5 Å². The number of hydrogen-bond donors (Lipinski definition) is 2. The maximum atomic E-state index is 5.91. The molecule has 3 aromatic rings. The lowest BCUT2D eigenvalue weighted by atomic mass is 9.90. The lowest BCUT2D eigenvalue weighted by Crippen LogP contribution is -2.34. The number of nitrogens with zero attached hydrogens (tertiary/aromatic N) is 3. The Labute approximate surface area is 160 Å². The maximum absolute atomic E-state index is 5.91. The summed E-state index contributed by atoms with van der Waals surface area (Å²) in [4.78, 5) is 15.7. The number of para-hydroxylation sites is 2. The lowest BCUT2D eigenvalue weighted by Gasteiger charge is -2.34. The first kappa shape index (κ1) is 16.9. The summed E-state index contributed by atoms with van der Waals surface area (Å²) in [7, 11) is 0. The second-order valence-electron chi connectivity index (χ2n) is 8.08. The fourth-order valence-corrected chi connectivity index (χ4v) is 4.64. The average Bonchev–Trinajstić information content (AvgIpc) is 3.34. The molecule has 27 heavy (non-hydrogen) atoms. The molecule has 2 aliphatic carbocycles. The van der Waals surface area contributed by atoms with Crippen molar-refractivity contribution in [2.45, 2.75) is 38.3 Å². The van der Waals surface area contributed by atoms with Crippen molar-refractivity contribution in [1.29, 1.82) is 0 Å². The van der Waals surface area contributed by atoms with Gasteiger partial charge in [0.2, 0.25) is 0 Å². The van der Waals surface area contributed by atoms with Gasteiger partial charge in [0.1, 0.15) is 5.82 Å². The van der Waals surface area contributed by atoms with Crippen molar-refractivity contribution in [3.8, 4) is 0 Å². The summed E-state index contributed by atoms with van der Waals surface area (Å²) in [6, 6.07) is 13.0. The third-order valence-corrected chi connectivity index (χ3v) is 6.24. The van der Waals surface area contributed by atoms with Gasteiger partial charge in [0.25, 0.3) is 0 Å². The first-order chi connectivity index (χ1) is 13.3. The van der Waals surface area contributed by atoms with Gasteiger partial charge in [-0.1, -0.05) is 18.2 Å². The van der Waals surface area contributed by atoms with Gasteiger partial charge in [-0.3, -0.25) is 9.88 Å². The number of imidazole rings is 1. The number of aromatic amines is 1. The molecule has 0 saturated heterocycles. The van der Waals surface area contributed by atoms with Crippen LogP contribution in [0, 0.1) is 11.8 Å². The molecule has 1 saturated carbocycles. The molecule has 5 nitrogen and oxygen atoms in total. The van der Waals surface area contributed by atoms with E-state index in [4.69, 9.17) is 15.7 Å². The number of rotatable bonds is 6. The number of hydrogen-bond acceptors (Lipinski definition) is 4. The van der Waals surface area contributed by atoms with Crippen LogP contribution in [0.5, 0.6) is 0 Å². The molecule has 5 heteroatoms. The minimum absolute atomic E-state index is 0.377. The van der Waals surface area contributed by atoms with Gasteiger partial charge in [0.15, 0.2) is 0 Å². The number of aromatic nitrogens is 3. The van der Waals surface area contributed by atoms with E-state index < -0.39 is 0 Å². The molecule has 2 heterocycles. The maximum Gasteiger partial charge on any atom is 0.121 e. The fraction of sp³-hybridized carbons (Fsp3) is 0.455. The molecule has 1 fully saturated rings. The molecule has 0 unspecified atom stereocenters. The Morgan fingerprint density at radius 2 is 2.07 bits per heavy atom. The average molecular weight is 361 g/mol. The van der Waals surface area contributed by atoms with E-state index in [1.54, 1.807) is 0 Å². The monoisotopic (exact) mass is 361 g/mol. The summed E-state index contributed by atoms with van der Waals surface area (Å²) in [5.41, 5.74) is 10.7. The summed E-state index contributed by atoms with van der Waals surface area (Å²) < 4.78 is 0. The molecule has 0 amide bonds. The van der Waals surface area contributed by atoms with Crippen LogP contribution in [0.4, 0.5) is 0 Å². The Balaban J connectivity index is 1.44. The van der Waals surface area contributed by atoms with Crippen LogP contribution >= 0.6 is 0 Å². The van der Waals surface area contributed by atoms with Crippen molar-refractivity contribution in [1.82, 2.24) is 19.9 Å². The van der Waals surface area contributed by atoms with Gasteiger partial charge in [0.05, 0.1) is 29.3 Å². The molecular formula is C22H27N5. The summed E-state index contributed by atoms with van der Waals surface area (Å²) >= 11 is 0. The van der Waals surface area contributed by atoms with Crippen LogP contribution < -0.4 is 5.73 Å². The predicted octanol–water partition coefficient (Wildman–Crippen LogP) is 3.43. The Morgan fingerprint density at radius 1 is 1.15 bits per heavy atom. The zero-order valence-corrected chi connectivity index (χ0v) is 15.6. The lowest BCUT2D eigenvalue weighted by molar-refractivity contribution is 0.152. The minimum Gasteiger partial charge on any atom is -0.341 e. The second-order valence-corrected chi connectivity index (χ2v) is 8.08. The van der Waals surface area contributed by atoms with Gasteiger partial charge >= 0.3 is 0 Å². The van der Waals surface area contributed by atoms with Gasteiger partial charge in [0, 0.05) is 12.7 Å². The van der Waals surface area contributed by atoms with Crippen molar-refractivity contribution in [2.75, 3.05) is 13.1 Å². The summed E-state index contributed by atoms with van der Waals surface area (Å²) in [6.07, 6.45) is 6.74. The van der Waals surface area contributed by atoms with Gasteiger partial charge in [-0.2, -0.15) is 0 Å². The molecule has 140 valence electrons. The van der Waals surface area contributed by atoms with Gasteiger partial charge in [-0.25, -0.2) is 4.98 Å². The molecule has 5 rings (SSSR count). The second kappa shape index (κ2) is 7.06. The minimum atomic E-state index is 0.377. The highest BCUT2D eigenvalue weighted by Gasteiger charge is 2.39. The Hall–Kier alpha value is -2.24. The van der Waals surface area contributed by atoms with Crippen LogP contribution in [0.2, 0.25) is 0 Å². The van der Waals surface area contributed by atoms with Crippen molar-refractivity contribution in [2.24, 2.45) is 17.6 Å². The van der Waals surface area contributed by atoms with Crippen LogP contribution in [0.15, 0.2) is 42.6 Å². The normalized spacial score (nSPS) is 24.3. The van der Waals surface area contributed by atoms with Crippen molar-refractivity contribution < 1.29 is 0 Å². The standard InChI is InChI=1S/C22H27N5/c23-12-16-11-17(16)13-27(14-21-25-18-7-1-2-8-19(18)26-21)20-9-3-5-15-6-4-10-24-22(15)20/h1-2,4,6-8,10,16-17,20H,3,5,9,11-14,23H2,(H,25,26)/t16-,17+,20+/m1/s1. The molecule has 2 aliphatic rings. The number of benzene rings is 1. The highest BCUT2D eigenvalue weighted by atomic mass is 15.2. The SMILES string of the molecule is NC[C@H]1C[C@H]1CN(Cc1nc2ccccc2[nH]1)[C@H]1CCCc2cccnc21. The van der Waals surface area contributed by atoms with Gasteiger partial charge in [-0.05, 0) is 67.8 Å². The first-order valence-electron chi connectivity index (χ1n) is 10.1. The molecule has 0 aliphatic heterocycles. The quantitative estimate of drug-likeness (QED) is 0.706. The van der Waals surface area contributed by atoms with Crippen LogP contribution in [0.3, 0.4) is 0 Å². The zero-order chi connectivity index (χ0) is 18.2. The molecule has 0 bridgehead atoms. The van der Waals surface area contributed by atoms with E-state index in [0.717, 1.165) is 42.9 Å². The summed E-state index contributed by atoms with van der Waals surface area (Å²) in [5.74, 6) is 2.45. The highest BCUT2D eigenvalue weighted by molar-refractivity contribution is 5.74. The van der Waals surface area contributed by atoms with Crippen LogP contribution in [0.1, 0.15) is 42.4 Å². The Kier molecular flexibility index (Phi) is 4.42. The van der Waals surface area contributed by atoms with E-state index in [2.05, 4.69) is 40.2 Å². The van der Waals surface area contributed by atoms with E-state index in [0.29, 0.717) is 17.9 Å². The van der Waals surface area contributed by atoms with E-state index >= 15 is 0 Å². The van der Waals surface area contributed by atoms with Gasteiger partial charge in [-0.15, -0.1) is 0 Å². The fourth-order valence-electron chi connectivity index (χ4n) is 4.64. The molecule has 3 atom stereocenters. The van der Waals surface area contributed by atoms with Crippen LogP contribution in [0.25, 0.3) is 11.0 Å². The third-order valence-electron chi connectivity index (χ3n) is 6.24. The molecule has 0 spiro atoms. The molecule has 1 aromatic carbocycles. The number of pyridine rings is 1. The van der Waals surface area contributed by atoms with Crippen molar-refractivity contribution in [3.05, 3.63) is 59.7 Å².